The SMILES string of the molecule is Cc1ccc(C2=C(N3CCCC3)C(=O)N(c3ccc(F)c(F)c3)C2=O)cc1C. The molecule has 2 amide bonds. The van der Waals surface area contributed by atoms with Crippen LogP contribution in [0.2, 0.25) is 0 Å². The van der Waals surface area contributed by atoms with E-state index >= 15 is 0 Å². The molecule has 144 valence electrons. The predicted molar refractivity (Wildman–Crippen MR) is 102 cm³/mol. The molecule has 1 fully saturated rings. The van der Waals surface area contributed by atoms with E-state index < -0.39 is 23.4 Å². The summed E-state index contributed by atoms with van der Waals surface area (Å²) >= 11 is 0. The fourth-order valence-electron chi connectivity index (χ4n) is 3.77. The van der Waals surface area contributed by atoms with Crippen LogP contribution >= 0.6 is 0 Å². The fraction of sp³-hybridized carbons (Fsp3) is 0.273. The van der Waals surface area contributed by atoms with Crippen LogP contribution in [0.1, 0.15) is 29.5 Å². The lowest BCUT2D eigenvalue weighted by molar-refractivity contribution is -0.120. The third-order valence-corrected chi connectivity index (χ3v) is 5.44. The first kappa shape index (κ1) is 18.3. The second kappa shape index (κ2) is 6.86. The molecule has 0 bridgehead atoms. The standard InChI is InChI=1S/C22H20F2N2O2/c1-13-5-6-15(11-14(13)2)19-20(25-9-3-4-10-25)22(28)26(21(19)27)16-7-8-17(23)18(24)12-16/h5-8,11-12H,3-4,9-10H2,1-2H3. The number of aryl methyl sites for hydroxylation is 2. The highest BCUT2D eigenvalue weighted by Gasteiger charge is 2.43. The number of amides is 2. The van der Waals surface area contributed by atoms with E-state index in [0.29, 0.717) is 29.9 Å². The molecule has 0 N–H and O–H groups in total. The number of hydrogen-bond donors (Lipinski definition) is 0. The topological polar surface area (TPSA) is 40.6 Å². The Morgan fingerprint density at radius 2 is 1.54 bits per heavy atom. The summed E-state index contributed by atoms with van der Waals surface area (Å²) in [5.74, 6) is -3.13. The Balaban J connectivity index is 1.85. The second-order valence-corrected chi connectivity index (χ2v) is 7.26. The van der Waals surface area contributed by atoms with E-state index in [1.54, 1.807) is 0 Å². The predicted octanol–water partition coefficient (Wildman–Crippen LogP) is 3.96. The van der Waals surface area contributed by atoms with E-state index in [0.717, 1.165) is 41.0 Å². The van der Waals surface area contributed by atoms with E-state index in [9.17, 15) is 18.4 Å². The van der Waals surface area contributed by atoms with Gasteiger partial charge >= 0.3 is 0 Å². The molecule has 6 heteroatoms. The Morgan fingerprint density at radius 3 is 2.18 bits per heavy atom. The van der Waals surface area contributed by atoms with Gasteiger partial charge in [0.1, 0.15) is 5.70 Å². The quantitative estimate of drug-likeness (QED) is 0.755. The Hall–Kier alpha value is -3.02. The van der Waals surface area contributed by atoms with Gasteiger partial charge in [-0.2, -0.15) is 0 Å². The van der Waals surface area contributed by atoms with Gasteiger partial charge in [-0.3, -0.25) is 9.59 Å². The molecule has 4 rings (SSSR count). The lowest BCUT2D eigenvalue weighted by atomic mass is 9.99. The van der Waals surface area contributed by atoms with Crippen molar-refractivity contribution >= 4 is 23.1 Å². The van der Waals surface area contributed by atoms with Crippen LogP contribution in [0.3, 0.4) is 0 Å². The second-order valence-electron chi connectivity index (χ2n) is 7.26. The van der Waals surface area contributed by atoms with Gasteiger partial charge in [-0.05, 0) is 55.5 Å². The third kappa shape index (κ3) is 2.89. The number of rotatable bonds is 3. The number of halogens is 2. The molecular weight excluding hydrogens is 362 g/mol. The largest absolute Gasteiger partial charge is 0.366 e. The van der Waals surface area contributed by atoms with Crippen molar-refractivity contribution in [1.82, 2.24) is 4.90 Å². The molecule has 0 unspecified atom stereocenters. The number of imide groups is 1. The zero-order valence-corrected chi connectivity index (χ0v) is 15.8. The maximum atomic E-state index is 13.8. The number of benzene rings is 2. The Kier molecular flexibility index (Phi) is 4.49. The molecule has 0 aromatic heterocycles. The molecule has 4 nitrogen and oxygen atoms in total. The van der Waals surface area contributed by atoms with Crippen molar-refractivity contribution in [3.63, 3.8) is 0 Å². The highest BCUT2D eigenvalue weighted by molar-refractivity contribution is 6.45. The van der Waals surface area contributed by atoms with Crippen LogP contribution in [0, 0.1) is 25.5 Å². The summed E-state index contributed by atoms with van der Waals surface area (Å²) in [5, 5.41) is 0. The molecule has 28 heavy (non-hydrogen) atoms. The number of likely N-dealkylation sites (tertiary alicyclic amines) is 1. The van der Waals surface area contributed by atoms with Crippen LogP contribution < -0.4 is 4.90 Å². The fourth-order valence-corrected chi connectivity index (χ4v) is 3.77. The van der Waals surface area contributed by atoms with Crippen LogP contribution in [0.15, 0.2) is 42.1 Å². The molecule has 0 atom stereocenters. The maximum absolute atomic E-state index is 13.8. The lowest BCUT2D eigenvalue weighted by Crippen LogP contribution is -2.34. The number of carbonyl (C=O) groups is 2. The molecule has 2 aliphatic heterocycles. The minimum Gasteiger partial charge on any atom is -0.366 e. The maximum Gasteiger partial charge on any atom is 0.282 e. The van der Waals surface area contributed by atoms with Crippen molar-refractivity contribution in [3.05, 3.63) is 70.4 Å². The van der Waals surface area contributed by atoms with E-state index in [-0.39, 0.29) is 5.69 Å². The molecule has 2 heterocycles. The molecule has 0 saturated carbocycles. The van der Waals surface area contributed by atoms with Gasteiger partial charge in [0.25, 0.3) is 11.8 Å². The van der Waals surface area contributed by atoms with Crippen molar-refractivity contribution < 1.29 is 18.4 Å². The van der Waals surface area contributed by atoms with Crippen LogP contribution in [0.5, 0.6) is 0 Å². The van der Waals surface area contributed by atoms with Crippen LogP contribution in [0.25, 0.3) is 5.57 Å². The average Bonchev–Trinajstić information content (AvgIpc) is 3.26. The van der Waals surface area contributed by atoms with E-state index in [4.69, 9.17) is 0 Å². The van der Waals surface area contributed by atoms with Gasteiger partial charge in [0.05, 0.1) is 11.3 Å². The first-order valence-corrected chi connectivity index (χ1v) is 9.29. The highest BCUT2D eigenvalue weighted by Crippen LogP contribution is 2.36. The van der Waals surface area contributed by atoms with Crippen LogP contribution in [-0.2, 0) is 9.59 Å². The molecule has 2 aliphatic rings. The van der Waals surface area contributed by atoms with Crippen molar-refractivity contribution in [2.75, 3.05) is 18.0 Å². The first-order chi connectivity index (χ1) is 13.4. The monoisotopic (exact) mass is 382 g/mol. The summed E-state index contributed by atoms with van der Waals surface area (Å²) in [6, 6.07) is 8.69. The first-order valence-electron chi connectivity index (χ1n) is 9.29. The Morgan fingerprint density at radius 1 is 0.821 bits per heavy atom. The zero-order chi connectivity index (χ0) is 20.0. The lowest BCUT2D eigenvalue weighted by Gasteiger charge is -2.20. The van der Waals surface area contributed by atoms with Crippen molar-refractivity contribution in [3.8, 4) is 0 Å². The minimum absolute atomic E-state index is 0.0319. The average molecular weight is 382 g/mol. The number of carbonyl (C=O) groups excluding carboxylic acids is 2. The molecule has 1 saturated heterocycles. The number of nitrogens with zero attached hydrogens (tertiary/aromatic N) is 2. The summed E-state index contributed by atoms with van der Waals surface area (Å²) in [5.41, 5.74) is 3.45. The smallest absolute Gasteiger partial charge is 0.282 e. The summed E-state index contributed by atoms with van der Waals surface area (Å²) in [7, 11) is 0. The summed E-state index contributed by atoms with van der Waals surface area (Å²) in [6.07, 6.45) is 1.88. The minimum atomic E-state index is -1.10. The van der Waals surface area contributed by atoms with Crippen LogP contribution in [0.4, 0.5) is 14.5 Å². The van der Waals surface area contributed by atoms with Gasteiger partial charge in [-0.1, -0.05) is 18.2 Å². The van der Waals surface area contributed by atoms with E-state index in [1.807, 2.05) is 36.9 Å². The normalized spacial score (nSPS) is 17.3. The Labute approximate surface area is 162 Å². The number of anilines is 1. The molecule has 0 aliphatic carbocycles. The molecule has 2 aromatic rings. The number of hydrogen-bond acceptors (Lipinski definition) is 3. The van der Waals surface area contributed by atoms with Gasteiger partial charge in [-0.15, -0.1) is 0 Å². The van der Waals surface area contributed by atoms with Gasteiger partial charge in [0.2, 0.25) is 0 Å². The van der Waals surface area contributed by atoms with Gasteiger partial charge in [-0.25, -0.2) is 13.7 Å². The van der Waals surface area contributed by atoms with Crippen LogP contribution in [-0.4, -0.2) is 29.8 Å². The van der Waals surface area contributed by atoms with Gasteiger partial charge < -0.3 is 4.90 Å². The molecular formula is C22H20F2N2O2. The summed E-state index contributed by atoms with van der Waals surface area (Å²) in [6.45, 7) is 5.30. The summed E-state index contributed by atoms with van der Waals surface area (Å²) in [4.78, 5) is 29.4. The molecule has 0 radical (unpaired) electrons. The third-order valence-electron chi connectivity index (χ3n) is 5.44. The van der Waals surface area contributed by atoms with Crippen molar-refractivity contribution in [2.45, 2.75) is 26.7 Å². The van der Waals surface area contributed by atoms with E-state index in [2.05, 4.69) is 0 Å². The van der Waals surface area contributed by atoms with Gasteiger partial charge in [0, 0.05) is 19.2 Å². The van der Waals surface area contributed by atoms with E-state index in [1.165, 1.54) is 6.07 Å². The summed E-state index contributed by atoms with van der Waals surface area (Å²) < 4.78 is 27.1. The zero-order valence-electron chi connectivity index (χ0n) is 15.8. The molecule has 0 spiro atoms. The van der Waals surface area contributed by atoms with Crippen molar-refractivity contribution in [1.29, 1.82) is 0 Å². The highest BCUT2D eigenvalue weighted by atomic mass is 19.2. The van der Waals surface area contributed by atoms with Crippen molar-refractivity contribution in [2.24, 2.45) is 0 Å². The van der Waals surface area contributed by atoms with Gasteiger partial charge in [0.15, 0.2) is 11.6 Å². The molecule has 2 aromatic carbocycles. The Bertz CT molecular complexity index is 1020.